The van der Waals surface area contributed by atoms with Crippen LogP contribution in [0.15, 0.2) is 72.1 Å². The van der Waals surface area contributed by atoms with Gasteiger partial charge in [0.1, 0.15) is 11.0 Å². The van der Waals surface area contributed by atoms with Gasteiger partial charge in [-0.15, -0.1) is 0 Å². The Labute approximate surface area is 205 Å². The van der Waals surface area contributed by atoms with Crippen molar-refractivity contribution in [2.45, 2.75) is 19.3 Å². The summed E-state index contributed by atoms with van der Waals surface area (Å²) in [5.41, 5.74) is 7.48. The molecule has 174 valence electrons. The number of aromatic nitrogens is 2. The van der Waals surface area contributed by atoms with Crippen molar-refractivity contribution >= 4 is 34.1 Å². The summed E-state index contributed by atoms with van der Waals surface area (Å²) in [5, 5.41) is 6.80. The summed E-state index contributed by atoms with van der Waals surface area (Å²) < 4.78 is 13.0. The van der Waals surface area contributed by atoms with Crippen LogP contribution in [-0.2, 0) is 14.9 Å². The van der Waals surface area contributed by atoms with Gasteiger partial charge >= 0.3 is 5.97 Å². The summed E-state index contributed by atoms with van der Waals surface area (Å²) in [4.78, 5) is 27.8. The molecular formula is C27H20ClN3O4. The highest BCUT2D eigenvalue weighted by Crippen LogP contribution is 2.57. The monoisotopic (exact) mass is 485 g/mol. The standard InChI is InChI=1S/C27H20ClN3O4/c1-3-34-26(33)22-24(29)35-25-21(14(2)30-31(25)19-13-5-4-12-18(19)28)27(22)17-11-7-9-15-8-6-10-16(20(15)17)23(27)32/h4-13H,3,29H2,1-2H3. The van der Waals surface area contributed by atoms with E-state index >= 15 is 0 Å². The quantitative estimate of drug-likeness (QED) is 0.426. The molecule has 0 bridgehead atoms. The number of para-hydroxylation sites is 1. The van der Waals surface area contributed by atoms with Crippen LogP contribution in [0.3, 0.4) is 0 Å². The van der Waals surface area contributed by atoms with Gasteiger partial charge < -0.3 is 15.2 Å². The van der Waals surface area contributed by atoms with E-state index in [2.05, 4.69) is 0 Å². The lowest BCUT2D eigenvalue weighted by Crippen LogP contribution is -2.45. The maximum Gasteiger partial charge on any atom is 0.341 e. The zero-order chi connectivity index (χ0) is 24.5. The van der Waals surface area contributed by atoms with Crippen LogP contribution in [-0.4, -0.2) is 28.1 Å². The zero-order valence-corrected chi connectivity index (χ0v) is 19.7. The van der Waals surface area contributed by atoms with Gasteiger partial charge in [-0.05, 0) is 42.3 Å². The predicted molar refractivity (Wildman–Crippen MR) is 131 cm³/mol. The van der Waals surface area contributed by atoms with Crippen molar-refractivity contribution in [2.24, 2.45) is 5.73 Å². The molecule has 6 rings (SSSR count). The summed E-state index contributed by atoms with van der Waals surface area (Å²) in [7, 11) is 0. The number of hydrogen-bond donors (Lipinski definition) is 1. The van der Waals surface area contributed by atoms with Crippen LogP contribution in [0.25, 0.3) is 16.5 Å². The molecule has 1 atom stereocenters. The molecule has 0 amide bonds. The number of nitrogens with zero attached hydrogens (tertiary/aromatic N) is 2. The number of hydrogen-bond acceptors (Lipinski definition) is 6. The van der Waals surface area contributed by atoms with Gasteiger partial charge in [-0.3, -0.25) is 4.79 Å². The van der Waals surface area contributed by atoms with Crippen molar-refractivity contribution in [1.82, 2.24) is 9.78 Å². The van der Waals surface area contributed by atoms with Crippen LogP contribution in [0.4, 0.5) is 0 Å². The van der Waals surface area contributed by atoms with Gasteiger partial charge in [0.05, 0.1) is 28.6 Å². The molecule has 0 radical (unpaired) electrons. The van der Waals surface area contributed by atoms with E-state index in [0.717, 1.165) is 10.8 Å². The lowest BCUT2D eigenvalue weighted by atomic mass is 9.67. The molecule has 1 aliphatic heterocycles. The molecule has 1 aliphatic carbocycles. The number of benzene rings is 3. The minimum absolute atomic E-state index is 0.0395. The Balaban J connectivity index is 1.76. The molecule has 2 aliphatic rings. The van der Waals surface area contributed by atoms with Crippen LogP contribution in [0.2, 0.25) is 5.02 Å². The van der Waals surface area contributed by atoms with E-state index in [0.29, 0.717) is 33.1 Å². The first kappa shape index (κ1) is 21.4. The summed E-state index contributed by atoms with van der Waals surface area (Å²) in [6.45, 7) is 3.59. The van der Waals surface area contributed by atoms with Crippen molar-refractivity contribution in [3.8, 4) is 11.6 Å². The molecule has 1 aromatic heterocycles. The van der Waals surface area contributed by atoms with Gasteiger partial charge in [0.25, 0.3) is 0 Å². The topological polar surface area (TPSA) is 96.4 Å². The number of esters is 1. The van der Waals surface area contributed by atoms with E-state index in [9.17, 15) is 9.59 Å². The van der Waals surface area contributed by atoms with Crippen molar-refractivity contribution < 1.29 is 19.1 Å². The number of fused-ring (bicyclic) bond motifs is 3. The summed E-state index contributed by atoms with van der Waals surface area (Å²) in [5.74, 6) is -0.956. The highest BCUT2D eigenvalue weighted by molar-refractivity contribution is 6.32. The van der Waals surface area contributed by atoms with Gasteiger partial charge in [-0.1, -0.05) is 60.1 Å². The highest BCUT2D eigenvalue weighted by atomic mass is 35.5. The van der Waals surface area contributed by atoms with Crippen molar-refractivity contribution in [3.05, 3.63) is 99.5 Å². The molecule has 7 nitrogen and oxygen atoms in total. The molecule has 2 heterocycles. The molecule has 1 spiro atoms. The number of nitrogens with two attached hydrogens (primary N) is 1. The first-order valence-corrected chi connectivity index (χ1v) is 11.6. The van der Waals surface area contributed by atoms with Crippen LogP contribution in [0.5, 0.6) is 5.88 Å². The fourth-order valence-electron chi connectivity index (χ4n) is 5.40. The van der Waals surface area contributed by atoms with E-state index in [-0.39, 0.29) is 29.7 Å². The first-order valence-electron chi connectivity index (χ1n) is 11.2. The number of Topliss-reactive ketones (excluding diaryl/α,β-unsaturated/α-hetero) is 1. The molecule has 0 saturated carbocycles. The number of carbonyl (C=O) groups excluding carboxylic acids is 2. The minimum atomic E-state index is -1.57. The van der Waals surface area contributed by atoms with Crippen LogP contribution in [0, 0.1) is 6.92 Å². The van der Waals surface area contributed by atoms with E-state index < -0.39 is 11.4 Å². The molecular weight excluding hydrogens is 466 g/mol. The third kappa shape index (κ3) is 2.64. The normalized spacial score (nSPS) is 18.2. The molecule has 8 heteroatoms. The minimum Gasteiger partial charge on any atom is -0.462 e. The number of aryl methyl sites for hydroxylation is 1. The van der Waals surface area contributed by atoms with E-state index in [1.165, 1.54) is 4.68 Å². The highest BCUT2D eigenvalue weighted by Gasteiger charge is 2.60. The number of ketones is 1. The Morgan fingerprint density at radius 1 is 1.14 bits per heavy atom. The van der Waals surface area contributed by atoms with Gasteiger partial charge in [0.2, 0.25) is 11.8 Å². The predicted octanol–water partition coefficient (Wildman–Crippen LogP) is 4.60. The SMILES string of the molecule is CCOC(=O)C1=C(N)Oc2c(c(C)nn2-c2ccccc2Cl)C12C(=O)c1cccc3cccc2c13. The second kappa shape index (κ2) is 7.45. The van der Waals surface area contributed by atoms with Gasteiger partial charge in [-0.2, -0.15) is 9.78 Å². The van der Waals surface area contributed by atoms with Crippen molar-refractivity contribution in [2.75, 3.05) is 6.61 Å². The smallest absolute Gasteiger partial charge is 0.341 e. The van der Waals surface area contributed by atoms with E-state index in [1.807, 2.05) is 42.5 Å². The molecule has 0 fully saturated rings. The third-order valence-corrected chi connectivity index (χ3v) is 6.99. The molecule has 0 saturated heterocycles. The largest absolute Gasteiger partial charge is 0.462 e. The average molecular weight is 486 g/mol. The van der Waals surface area contributed by atoms with Crippen LogP contribution < -0.4 is 10.5 Å². The van der Waals surface area contributed by atoms with E-state index in [1.54, 1.807) is 32.0 Å². The Morgan fingerprint density at radius 2 is 1.89 bits per heavy atom. The fourth-order valence-corrected chi connectivity index (χ4v) is 5.62. The number of carbonyl (C=O) groups is 2. The molecule has 4 aromatic rings. The van der Waals surface area contributed by atoms with Gasteiger partial charge in [-0.25, -0.2) is 4.79 Å². The average Bonchev–Trinajstić information content (AvgIpc) is 3.29. The molecule has 3 aromatic carbocycles. The maximum absolute atomic E-state index is 14.4. The van der Waals surface area contributed by atoms with Crippen LogP contribution >= 0.6 is 11.6 Å². The lowest BCUT2D eigenvalue weighted by Gasteiger charge is -2.35. The molecule has 2 N–H and O–H groups in total. The van der Waals surface area contributed by atoms with Gasteiger partial charge in [0, 0.05) is 5.56 Å². The zero-order valence-electron chi connectivity index (χ0n) is 19.0. The Bertz CT molecular complexity index is 1610. The van der Waals surface area contributed by atoms with E-state index in [4.69, 9.17) is 31.9 Å². The second-order valence-electron chi connectivity index (χ2n) is 8.48. The fraction of sp³-hybridized carbons (Fsp3) is 0.148. The maximum atomic E-state index is 14.4. The Hall–Kier alpha value is -4.10. The van der Waals surface area contributed by atoms with Crippen molar-refractivity contribution in [3.63, 3.8) is 0 Å². The summed E-state index contributed by atoms with van der Waals surface area (Å²) in [6.07, 6.45) is 0. The summed E-state index contributed by atoms with van der Waals surface area (Å²) in [6, 6.07) is 18.3. The molecule has 1 unspecified atom stereocenters. The number of halogens is 1. The van der Waals surface area contributed by atoms with Crippen molar-refractivity contribution in [1.29, 1.82) is 0 Å². The Morgan fingerprint density at radius 3 is 2.63 bits per heavy atom. The third-order valence-electron chi connectivity index (χ3n) is 6.68. The molecule has 35 heavy (non-hydrogen) atoms. The number of rotatable bonds is 3. The Kier molecular flexibility index (Phi) is 4.56. The summed E-state index contributed by atoms with van der Waals surface area (Å²) >= 11 is 6.48. The number of ether oxygens (including phenoxy) is 2. The lowest BCUT2D eigenvalue weighted by molar-refractivity contribution is -0.139. The first-order chi connectivity index (χ1) is 16.9. The van der Waals surface area contributed by atoms with Crippen LogP contribution in [0.1, 0.15) is 34.1 Å². The second-order valence-corrected chi connectivity index (χ2v) is 8.89. The van der Waals surface area contributed by atoms with Gasteiger partial charge in [0.15, 0.2) is 5.78 Å².